The average molecular weight is 267 g/mol. The molecule has 0 unspecified atom stereocenters. The Balaban J connectivity index is 1.59. The van der Waals surface area contributed by atoms with Crippen molar-refractivity contribution in [3.8, 4) is 0 Å². The van der Waals surface area contributed by atoms with E-state index in [1.807, 2.05) is 37.4 Å². The molecule has 3 rings (SSSR count). The first-order valence-corrected chi connectivity index (χ1v) is 6.68. The fourth-order valence-electron chi connectivity index (χ4n) is 2.16. The summed E-state index contributed by atoms with van der Waals surface area (Å²) in [5, 5.41) is 0. The van der Waals surface area contributed by atoms with E-state index in [1.165, 1.54) is 5.56 Å². The summed E-state index contributed by atoms with van der Waals surface area (Å²) in [6.45, 7) is 0. The lowest BCUT2D eigenvalue weighted by atomic mass is 10.2. The van der Waals surface area contributed by atoms with Crippen LogP contribution in [0.1, 0.15) is 22.8 Å². The van der Waals surface area contributed by atoms with Gasteiger partial charge in [0.25, 0.3) is 0 Å². The summed E-state index contributed by atoms with van der Waals surface area (Å²) in [4.78, 5) is 0. The molecule has 102 valence electrons. The second-order valence-corrected chi connectivity index (χ2v) is 4.85. The van der Waals surface area contributed by atoms with Crippen molar-refractivity contribution in [2.45, 2.75) is 12.8 Å². The minimum atomic E-state index is 0.694. The van der Waals surface area contributed by atoms with Crippen molar-refractivity contribution in [1.82, 2.24) is 4.57 Å². The minimum Gasteiger partial charge on any atom is -0.469 e. The fraction of sp³-hybridized carbons (Fsp3) is 0.176. The molecule has 0 aliphatic heterocycles. The standard InChI is InChI=1S/C17H17NO2/c1-18-10-9-14(13-18)4-2-5-15-7-8-17(20-15)12-16-6-3-11-19-16/h2-3,5-11,13H,4,12H2,1H3/b5-2+. The first-order valence-electron chi connectivity index (χ1n) is 6.68. The molecule has 0 aromatic carbocycles. The molecule has 0 saturated carbocycles. The van der Waals surface area contributed by atoms with Gasteiger partial charge in [-0.3, -0.25) is 0 Å². The van der Waals surface area contributed by atoms with E-state index < -0.39 is 0 Å². The van der Waals surface area contributed by atoms with Gasteiger partial charge in [0, 0.05) is 19.4 Å². The van der Waals surface area contributed by atoms with E-state index in [0.29, 0.717) is 6.42 Å². The highest BCUT2D eigenvalue weighted by Gasteiger charge is 2.03. The number of nitrogens with zero attached hydrogens (tertiary/aromatic N) is 1. The van der Waals surface area contributed by atoms with Gasteiger partial charge in [-0.15, -0.1) is 0 Å². The van der Waals surface area contributed by atoms with Crippen molar-refractivity contribution in [2.24, 2.45) is 7.05 Å². The predicted octanol–water partition coefficient (Wildman–Crippen LogP) is 4.06. The number of hydrogen-bond donors (Lipinski definition) is 0. The fourth-order valence-corrected chi connectivity index (χ4v) is 2.16. The van der Waals surface area contributed by atoms with Crippen LogP contribution in [0, 0.1) is 0 Å². The molecule has 20 heavy (non-hydrogen) atoms. The molecular formula is C17H17NO2. The van der Waals surface area contributed by atoms with Gasteiger partial charge in [-0.1, -0.05) is 6.08 Å². The summed E-state index contributed by atoms with van der Waals surface area (Å²) in [6, 6.07) is 9.94. The Labute approximate surface area is 118 Å². The zero-order valence-electron chi connectivity index (χ0n) is 11.5. The molecule has 0 aliphatic rings. The van der Waals surface area contributed by atoms with Crippen molar-refractivity contribution < 1.29 is 8.83 Å². The minimum absolute atomic E-state index is 0.694. The molecule has 3 heteroatoms. The van der Waals surface area contributed by atoms with Crippen LogP contribution in [0.2, 0.25) is 0 Å². The molecular weight excluding hydrogens is 250 g/mol. The summed E-state index contributed by atoms with van der Waals surface area (Å²) in [5.41, 5.74) is 1.30. The Kier molecular flexibility index (Phi) is 3.59. The summed E-state index contributed by atoms with van der Waals surface area (Å²) in [5.74, 6) is 2.71. The Bertz CT molecular complexity index is 686. The molecule has 0 bridgehead atoms. The summed E-state index contributed by atoms with van der Waals surface area (Å²) in [6.07, 6.45) is 11.6. The number of aryl methyl sites for hydroxylation is 1. The van der Waals surface area contributed by atoms with Crippen molar-refractivity contribution in [2.75, 3.05) is 0 Å². The van der Waals surface area contributed by atoms with Gasteiger partial charge in [0.05, 0.1) is 12.7 Å². The lowest BCUT2D eigenvalue weighted by molar-refractivity contribution is 0.470. The number of aromatic nitrogens is 1. The monoisotopic (exact) mass is 267 g/mol. The maximum absolute atomic E-state index is 5.75. The summed E-state index contributed by atoms with van der Waals surface area (Å²) < 4.78 is 13.1. The molecule has 3 aromatic heterocycles. The van der Waals surface area contributed by atoms with Gasteiger partial charge in [0.2, 0.25) is 0 Å². The van der Waals surface area contributed by atoms with Gasteiger partial charge in [-0.25, -0.2) is 0 Å². The normalized spacial score (nSPS) is 11.4. The first-order chi connectivity index (χ1) is 9.79. The lowest BCUT2D eigenvalue weighted by Crippen LogP contribution is -1.80. The smallest absolute Gasteiger partial charge is 0.126 e. The van der Waals surface area contributed by atoms with E-state index in [4.69, 9.17) is 8.83 Å². The number of hydrogen-bond acceptors (Lipinski definition) is 2. The molecule has 0 fully saturated rings. The SMILES string of the molecule is Cn1ccc(C/C=C/c2ccc(Cc3ccco3)o2)c1. The topological polar surface area (TPSA) is 31.2 Å². The van der Waals surface area contributed by atoms with Crippen LogP contribution >= 0.6 is 0 Å². The van der Waals surface area contributed by atoms with E-state index in [-0.39, 0.29) is 0 Å². The van der Waals surface area contributed by atoms with Gasteiger partial charge in [-0.05, 0) is 48.4 Å². The molecule has 0 amide bonds. The van der Waals surface area contributed by atoms with E-state index in [0.717, 1.165) is 23.7 Å². The van der Waals surface area contributed by atoms with Gasteiger partial charge < -0.3 is 13.4 Å². The molecule has 0 N–H and O–H groups in total. The van der Waals surface area contributed by atoms with Crippen molar-refractivity contribution >= 4 is 6.08 Å². The highest BCUT2D eigenvalue weighted by atomic mass is 16.3. The third-order valence-corrected chi connectivity index (χ3v) is 3.14. The van der Waals surface area contributed by atoms with Crippen LogP contribution < -0.4 is 0 Å². The molecule has 0 atom stereocenters. The molecule has 3 nitrogen and oxygen atoms in total. The van der Waals surface area contributed by atoms with Crippen LogP contribution in [0.3, 0.4) is 0 Å². The Morgan fingerprint density at radius 1 is 1.15 bits per heavy atom. The number of furan rings is 2. The van der Waals surface area contributed by atoms with Gasteiger partial charge >= 0.3 is 0 Å². The van der Waals surface area contributed by atoms with Gasteiger partial charge in [0.1, 0.15) is 17.3 Å². The highest BCUT2D eigenvalue weighted by molar-refractivity contribution is 5.44. The van der Waals surface area contributed by atoms with Crippen LogP contribution in [0.5, 0.6) is 0 Å². The largest absolute Gasteiger partial charge is 0.469 e. The van der Waals surface area contributed by atoms with E-state index in [1.54, 1.807) is 6.26 Å². The van der Waals surface area contributed by atoms with E-state index in [2.05, 4.69) is 29.1 Å². The third kappa shape index (κ3) is 3.12. The van der Waals surface area contributed by atoms with Crippen LogP contribution in [0.4, 0.5) is 0 Å². The van der Waals surface area contributed by atoms with Gasteiger partial charge in [0.15, 0.2) is 0 Å². The number of allylic oxidation sites excluding steroid dienone is 1. The first kappa shape index (κ1) is 12.6. The van der Waals surface area contributed by atoms with Crippen LogP contribution in [-0.4, -0.2) is 4.57 Å². The molecule has 3 aromatic rings. The Hall–Kier alpha value is -2.42. The molecule has 0 saturated heterocycles. The van der Waals surface area contributed by atoms with Crippen molar-refractivity contribution in [3.05, 3.63) is 77.9 Å². The van der Waals surface area contributed by atoms with Crippen LogP contribution in [-0.2, 0) is 19.9 Å². The third-order valence-electron chi connectivity index (χ3n) is 3.14. The molecule has 3 heterocycles. The highest BCUT2D eigenvalue weighted by Crippen LogP contribution is 2.15. The van der Waals surface area contributed by atoms with Crippen LogP contribution in [0.25, 0.3) is 6.08 Å². The van der Waals surface area contributed by atoms with Crippen molar-refractivity contribution in [3.63, 3.8) is 0 Å². The van der Waals surface area contributed by atoms with Crippen LogP contribution in [0.15, 0.2) is 63.9 Å². The Morgan fingerprint density at radius 3 is 2.85 bits per heavy atom. The summed E-state index contributed by atoms with van der Waals surface area (Å²) in [7, 11) is 2.03. The zero-order valence-corrected chi connectivity index (χ0v) is 11.5. The maximum Gasteiger partial charge on any atom is 0.126 e. The van der Waals surface area contributed by atoms with Gasteiger partial charge in [-0.2, -0.15) is 0 Å². The maximum atomic E-state index is 5.75. The average Bonchev–Trinajstić information content (AvgIpc) is 3.14. The predicted molar refractivity (Wildman–Crippen MR) is 78.4 cm³/mol. The Morgan fingerprint density at radius 2 is 2.10 bits per heavy atom. The molecule has 0 aliphatic carbocycles. The lowest BCUT2D eigenvalue weighted by Gasteiger charge is -1.92. The zero-order chi connectivity index (χ0) is 13.8. The quantitative estimate of drug-likeness (QED) is 0.698. The second kappa shape index (κ2) is 5.70. The second-order valence-electron chi connectivity index (χ2n) is 4.85. The van der Waals surface area contributed by atoms with E-state index >= 15 is 0 Å². The van der Waals surface area contributed by atoms with Crippen molar-refractivity contribution in [1.29, 1.82) is 0 Å². The molecule has 0 radical (unpaired) electrons. The number of rotatable bonds is 5. The molecule has 0 spiro atoms. The van der Waals surface area contributed by atoms with E-state index in [9.17, 15) is 0 Å². The summed E-state index contributed by atoms with van der Waals surface area (Å²) >= 11 is 0.